The molecule has 0 saturated heterocycles. The third-order valence-electron chi connectivity index (χ3n) is 3.42. The largest absolute Gasteiger partial charge is 0.504 e. The van der Waals surface area contributed by atoms with E-state index in [-0.39, 0.29) is 12.4 Å². The average Bonchev–Trinajstić information content (AvgIpc) is 2.63. The van der Waals surface area contributed by atoms with Crippen molar-refractivity contribution in [2.24, 2.45) is 5.10 Å². The van der Waals surface area contributed by atoms with Gasteiger partial charge in [-0.3, -0.25) is 4.79 Å². The van der Waals surface area contributed by atoms with E-state index in [0.29, 0.717) is 23.7 Å². The van der Waals surface area contributed by atoms with Crippen LogP contribution in [-0.4, -0.2) is 30.4 Å². The Morgan fingerprint density at radius 3 is 2.60 bits per heavy atom. The molecule has 0 saturated carbocycles. The molecule has 6 nitrogen and oxygen atoms in total. The van der Waals surface area contributed by atoms with Gasteiger partial charge < -0.3 is 14.6 Å². The molecule has 0 aliphatic rings. The van der Waals surface area contributed by atoms with Gasteiger partial charge in [0.2, 0.25) is 0 Å². The highest BCUT2D eigenvalue weighted by molar-refractivity contribution is 5.86. The summed E-state index contributed by atoms with van der Waals surface area (Å²) in [6.07, 6.45) is 2.30. The molecule has 132 valence electrons. The van der Waals surface area contributed by atoms with Crippen molar-refractivity contribution in [1.29, 1.82) is 0 Å². The van der Waals surface area contributed by atoms with Crippen LogP contribution in [0.4, 0.5) is 0 Å². The Hall–Kier alpha value is -3.02. The van der Waals surface area contributed by atoms with E-state index >= 15 is 0 Å². The minimum absolute atomic E-state index is 0.0189. The van der Waals surface area contributed by atoms with Gasteiger partial charge >= 0.3 is 0 Å². The standard InChI is InChI=1S/C19H22N2O4/c1-3-14-8-10-16(11-9-14)25-13-18(22)21-20-12-15-6-5-7-17(19(15)23)24-4-2/h5-12,23H,3-4,13H2,1-2H3,(H,21,22)/b20-12+. The Morgan fingerprint density at radius 2 is 1.92 bits per heavy atom. The first kappa shape index (κ1) is 18.3. The zero-order valence-electron chi connectivity index (χ0n) is 14.4. The number of hydrazone groups is 1. The molecule has 0 unspecified atom stereocenters. The lowest BCUT2D eigenvalue weighted by atomic mass is 10.2. The van der Waals surface area contributed by atoms with Crippen LogP contribution in [0.5, 0.6) is 17.2 Å². The van der Waals surface area contributed by atoms with Gasteiger partial charge in [0.15, 0.2) is 18.1 Å². The van der Waals surface area contributed by atoms with Crippen LogP contribution in [0.3, 0.4) is 0 Å². The number of hydrogen-bond donors (Lipinski definition) is 2. The van der Waals surface area contributed by atoms with Crippen LogP contribution in [0, 0.1) is 0 Å². The van der Waals surface area contributed by atoms with Crippen molar-refractivity contribution in [2.45, 2.75) is 20.3 Å². The number of ether oxygens (including phenoxy) is 2. The van der Waals surface area contributed by atoms with Crippen molar-refractivity contribution < 1.29 is 19.4 Å². The van der Waals surface area contributed by atoms with E-state index in [1.54, 1.807) is 18.2 Å². The Kier molecular flexibility index (Phi) is 6.83. The molecule has 2 aromatic carbocycles. The van der Waals surface area contributed by atoms with Crippen LogP contribution in [0.25, 0.3) is 0 Å². The summed E-state index contributed by atoms with van der Waals surface area (Å²) in [6, 6.07) is 12.6. The molecular formula is C19H22N2O4. The molecule has 6 heteroatoms. The first-order chi connectivity index (χ1) is 12.1. The van der Waals surface area contributed by atoms with Crippen molar-refractivity contribution in [3.8, 4) is 17.2 Å². The number of rotatable bonds is 8. The number of amides is 1. The molecule has 0 fully saturated rings. The molecule has 0 atom stereocenters. The maximum absolute atomic E-state index is 11.7. The van der Waals surface area contributed by atoms with Gasteiger partial charge in [-0.15, -0.1) is 0 Å². The molecule has 1 amide bonds. The third-order valence-corrected chi connectivity index (χ3v) is 3.42. The predicted molar refractivity (Wildman–Crippen MR) is 96.3 cm³/mol. The van der Waals surface area contributed by atoms with Gasteiger partial charge in [-0.05, 0) is 43.2 Å². The fraction of sp³-hybridized carbons (Fsp3) is 0.263. The van der Waals surface area contributed by atoms with Crippen molar-refractivity contribution in [2.75, 3.05) is 13.2 Å². The molecule has 0 spiro atoms. The number of benzene rings is 2. The van der Waals surface area contributed by atoms with Crippen molar-refractivity contribution in [3.05, 3.63) is 53.6 Å². The van der Waals surface area contributed by atoms with Crippen LogP contribution >= 0.6 is 0 Å². The minimum Gasteiger partial charge on any atom is -0.504 e. The number of aromatic hydroxyl groups is 1. The fourth-order valence-corrected chi connectivity index (χ4v) is 2.09. The topological polar surface area (TPSA) is 80.2 Å². The fourth-order valence-electron chi connectivity index (χ4n) is 2.09. The van der Waals surface area contributed by atoms with Crippen molar-refractivity contribution in [1.82, 2.24) is 5.43 Å². The van der Waals surface area contributed by atoms with E-state index in [4.69, 9.17) is 9.47 Å². The lowest BCUT2D eigenvalue weighted by molar-refractivity contribution is -0.123. The third kappa shape index (κ3) is 5.53. The van der Waals surface area contributed by atoms with Crippen LogP contribution in [0.15, 0.2) is 47.6 Å². The second-order valence-corrected chi connectivity index (χ2v) is 5.21. The molecule has 0 bridgehead atoms. The number of phenols is 1. The Bertz CT molecular complexity index is 727. The summed E-state index contributed by atoms with van der Waals surface area (Å²) in [4.78, 5) is 11.7. The molecule has 25 heavy (non-hydrogen) atoms. The normalized spacial score (nSPS) is 10.6. The Morgan fingerprint density at radius 1 is 1.16 bits per heavy atom. The summed E-state index contributed by atoms with van der Waals surface area (Å²) in [5.74, 6) is 0.584. The van der Waals surface area contributed by atoms with Crippen LogP contribution < -0.4 is 14.9 Å². The van der Waals surface area contributed by atoms with Crippen molar-refractivity contribution in [3.63, 3.8) is 0 Å². The lowest BCUT2D eigenvalue weighted by Crippen LogP contribution is -2.24. The Labute approximate surface area is 147 Å². The van der Waals surface area contributed by atoms with Gasteiger partial charge in [0.1, 0.15) is 5.75 Å². The van der Waals surface area contributed by atoms with E-state index in [1.807, 2.05) is 31.2 Å². The quantitative estimate of drug-likeness (QED) is 0.571. The molecule has 0 radical (unpaired) electrons. The summed E-state index contributed by atoms with van der Waals surface area (Å²) in [6.45, 7) is 4.20. The summed E-state index contributed by atoms with van der Waals surface area (Å²) in [5.41, 5.74) is 4.01. The first-order valence-electron chi connectivity index (χ1n) is 8.12. The molecule has 2 aromatic rings. The monoisotopic (exact) mass is 342 g/mol. The molecule has 0 heterocycles. The summed E-state index contributed by atoms with van der Waals surface area (Å²) >= 11 is 0. The number of para-hydroxylation sites is 1. The van der Waals surface area contributed by atoms with Gasteiger partial charge in [0, 0.05) is 5.56 Å². The zero-order chi connectivity index (χ0) is 18.1. The number of nitrogens with zero attached hydrogens (tertiary/aromatic N) is 1. The highest BCUT2D eigenvalue weighted by Gasteiger charge is 2.06. The highest BCUT2D eigenvalue weighted by atomic mass is 16.5. The SMILES string of the molecule is CCOc1cccc(/C=N/NC(=O)COc2ccc(CC)cc2)c1O. The van der Waals surface area contributed by atoms with Gasteiger partial charge in [0.25, 0.3) is 5.91 Å². The van der Waals surface area contributed by atoms with Crippen LogP contribution in [0.2, 0.25) is 0 Å². The first-order valence-corrected chi connectivity index (χ1v) is 8.12. The average molecular weight is 342 g/mol. The number of carbonyl (C=O) groups is 1. The second kappa shape index (κ2) is 9.32. The molecular weight excluding hydrogens is 320 g/mol. The van der Waals surface area contributed by atoms with Crippen LogP contribution in [0.1, 0.15) is 25.0 Å². The van der Waals surface area contributed by atoms with Crippen LogP contribution in [-0.2, 0) is 11.2 Å². The highest BCUT2D eigenvalue weighted by Crippen LogP contribution is 2.28. The number of nitrogens with one attached hydrogen (secondary N) is 1. The Balaban J connectivity index is 1.85. The van der Waals surface area contributed by atoms with E-state index in [1.165, 1.54) is 11.8 Å². The minimum atomic E-state index is -0.392. The summed E-state index contributed by atoms with van der Waals surface area (Å²) in [5, 5.41) is 13.8. The lowest BCUT2D eigenvalue weighted by Gasteiger charge is -2.07. The smallest absolute Gasteiger partial charge is 0.277 e. The molecule has 2 rings (SSSR count). The van der Waals surface area contributed by atoms with Gasteiger partial charge in [-0.25, -0.2) is 5.43 Å². The number of carbonyl (C=O) groups excluding carboxylic acids is 1. The second-order valence-electron chi connectivity index (χ2n) is 5.21. The van der Waals surface area contributed by atoms with E-state index in [0.717, 1.165) is 6.42 Å². The zero-order valence-corrected chi connectivity index (χ0v) is 14.4. The summed E-state index contributed by atoms with van der Waals surface area (Å²) < 4.78 is 10.7. The predicted octanol–water partition coefficient (Wildman–Crippen LogP) is 2.88. The van der Waals surface area contributed by atoms with E-state index in [9.17, 15) is 9.90 Å². The van der Waals surface area contributed by atoms with Gasteiger partial charge in [-0.1, -0.05) is 25.1 Å². The summed E-state index contributed by atoms with van der Waals surface area (Å²) in [7, 11) is 0. The maximum Gasteiger partial charge on any atom is 0.277 e. The van der Waals surface area contributed by atoms with E-state index < -0.39 is 5.91 Å². The molecule has 0 aliphatic carbocycles. The van der Waals surface area contributed by atoms with Crippen molar-refractivity contribution >= 4 is 12.1 Å². The number of phenolic OH excluding ortho intramolecular Hbond substituents is 1. The molecule has 0 aliphatic heterocycles. The number of hydrogen-bond acceptors (Lipinski definition) is 5. The molecule has 2 N–H and O–H groups in total. The van der Waals surface area contributed by atoms with Gasteiger partial charge in [-0.2, -0.15) is 5.10 Å². The van der Waals surface area contributed by atoms with Gasteiger partial charge in [0.05, 0.1) is 12.8 Å². The number of aryl methyl sites for hydroxylation is 1. The molecule has 0 aromatic heterocycles. The maximum atomic E-state index is 11.7. The van der Waals surface area contributed by atoms with E-state index in [2.05, 4.69) is 17.5 Å².